The fraction of sp³-hybridized carbons (Fsp3) is 0.0303. The van der Waals surface area contributed by atoms with Crippen LogP contribution in [0.4, 0.5) is 0 Å². The molecule has 0 unspecified atom stereocenters. The van der Waals surface area contributed by atoms with Crippen molar-refractivity contribution in [3.05, 3.63) is 133 Å². The predicted molar refractivity (Wildman–Crippen MR) is 149 cm³/mol. The normalized spacial score (nSPS) is 11.7. The van der Waals surface area contributed by atoms with Gasteiger partial charge in [0.15, 0.2) is 0 Å². The molecule has 0 atom stereocenters. The first-order chi connectivity index (χ1) is 17.3. The lowest BCUT2D eigenvalue weighted by Gasteiger charge is -2.15. The highest BCUT2D eigenvalue weighted by atomic mass is 15.0. The Labute approximate surface area is 204 Å². The number of hydrogen-bond donors (Lipinski definition) is 0. The van der Waals surface area contributed by atoms with Crippen LogP contribution < -0.4 is 0 Å². The molecule has 0 radical (unpaired) electrons. The number of rotatable bonds is 4. The molecular weight excluding hydrogens is 424 g/mol. The Kier molecular flexibility index (Phi) is 4.40. The van der Waals surface area contributed by atoms with Crippen LogP contribution in [0.1, 0.15) is 5.56 Å². The van der Waals surface area contributed by atoms with Gasteiger partial charge in [0.1, 0.15) is 0 Å². The molecule has 7 rings (SSSR count). The van der Waals surface area contributed by atoms with Gasteiger partial charge in [-0.2, -0.15) is 0 Å². The van der Waals surface area contributed by atoms with E-state index < -0.39 is 0 Å². The third-order valence-electron chi connectivity index (χ3n) is 7.02. The molecule has 0 bridgehead atoms. The summed E-state index contributed by atoms with van der Waals surface area (Å²) in [4.78, 5) is 0. The van der Waals surface area contributed by atoms with E-state index in [1.807, 2.05) is 6.08 Å². The fourth-order valence-electron chi connectivity index (χ4n) is 5.60. The van der Waals surface area contributed by atoms with Crippen molar-refractivity contribution < 1.29 is 0 Å². The van der Waals surface area contributed by atoms with Crippen molar-refractivity contribution in [3.63, 3.8) is 0 Å². The van der Waals surface area contributed by atoms with Gasteiger partial charge < -0.3 is 9.13 Å². The number of fused-ring (bicyclic) bond motifs is 6. The Morgan fingerprint density at radius 3 is 1.17 bits per heavy atom. The summed E-state index contributed by atoms with van der Waals surface area (Å²) in [5, 5.41) is 5.09. The van der Waals surface area contributed by atoms with Crippen LogP contribution >= 0.6 is 0 Å². The Hall–Kier alpha value is -4.56. The maximum absolute atomic E-state index is 4.03. The molecule has 0 amide bonds. The second-order valence-electron chi connectivity index (χ2n) is 9.09. The largest absolute Gasteiger partial charge is 0.309 e. The SMILES string of the molecule is C=CCc1cc(-n2c3ccccc3c3ccccc32)cc(-n2c3ccccc3c3ccccc32)c1. The predicted octanol–water partition coefficient (Wildman–Crippen LogP) is 8.61. The van der Waals surface area contributed by atoms with Gasteiger partial charge in [0.25, 0.3) is 0 Å². The Morgan fingerprint density at radius 2 is 0.829 bits per heavy atom. The van der Waals surface area contributed by atoms with Crippen molar-refractivity contribution in [3.8, 4) is 11.4 Å². The number of benzene rings is 5. The smallest absolute Gasteiger partial charge is 0.0541 e. The first kappa shape index (κ1) is 19.9. The third-order valence-corrected chi connectivity index (χ3v) is 7.02. The van der Waals surface area contributed by atoms with Crippen LogP contribution in [0, 0.1) is 0 Å². The molecule has 0 aliphatic heterocycles. The second kappa shape index (κ2) is 7.75. The maximum Gasteiger partial charge on any atom is 0.0541 e. The lowest BCUT2D eigenvalue weighted by atomic mass is 10.1. The molecule has 7 aromatic rings. The number of hydrogen-bond acceptors (Lipinski definition) is 0. The van der Waals surface area contributed by atoms with Gasteiger partial charge in [0, 0.05) is 32.9 Å². The zero-order valence-electron chi connectivity index (χ0n) is 19.4. The first-order valence-electron chi connectivity index (χ1n) is 12.1. The molecule has 0 fully saturated rings. The monoisotopic (exact) mass is 448 g/mol. The van der Waals surface area contributed by atoms with Crippen LogP contribution in [-0.2, 0) is 6.42 Å². The molecule has 5 aromatic carbocycles. The molecule has 2 heterocycles. The minimum absolute atomic E-state index is 0.815. The van der Waals surface area contributed by atoms with E-state index in [9.17, 15) is 0 Å². The van der Waals surface area contributed by atoms with Crippen LogP contribution in [0.3, 0.4) is 0 Å². The Bertz CT molecular complexity index is 1660. The van der Waals surface area contributed by atoms with Crippen molar-refractivity contribution in [1.29, 1.82) is 0 Å². The topological polar surface area (TPSA) is 9.86 Å². The summed E-state index contributed by atoms with van der Waals surface area (Å²) in [5.74, 6) is 0. The van der Waals surface area contributed by atoms with Gasteiger partial charge in [0.05, 0.1) is 22.1 Å². The van der Waals surface area contributed by atoms with Crippen LogP contribution in [0.2, 0.25) is 0 Å². The first-order valence-corrected chi connectivity index (χ1v) is 12.1. The Morgan fingerprint density at radius 1 is 0.486 bits per heavy atom. The van der Waals surface area contributed by atoms with Gasteiger partial charge in [-0.15, -0.1) is 6.58 Å². The standard InChI is InChI=1S/C33H24N2/c1-2-11-23-20-24(34-30-16-7-3-12-26(30)27-13-4-8-17-31(27)34)22-25(21-23)35-32-18-9-5-14-28(32)29-15-6-10-19-33(29)35/h2-10,12-22H,1,11H2. The van der Waals surface area contributed by atoms with Gasteiger partial charge in [-0.3, -0.25) is 0 Å². The van der Waals surface area contributed by atoms with Gasteiger partial charge in [-0.1, -0.05) is 78.9 Å². The molecule has 0 aliphatic rings. The van der Waals surface area contributed by atoms with Crippen LogP contribution in [0.25, 0.3) is 55.0 Å². The highest BCUT2D eigenvalue weighted by molar-refractivity contribution is 6.10. The summed E-state index contributed by atoms with van der Waals surface area (Å²) < 4.78 is 4.79. The van der Waals surface area contributed by atoms with Crippen molar-refractivity contribution >= 4 is 43.6 Å². The molecule has 2 heteroatoms. The van der Waals surface area contributed by atoms with E-state index in [4.69, 9.17) is 0 Å². The van der Waals surface area contributed by atoms with E-state index in [-0.39, 0.29) is 0 Å². The molecule has 0 aliphatic carbocycles. The fourth-order valence-corrected chi connectivity index (χ4v) is 5.60. The van der Waals surface area contributed by atoms with E-state index in [0.717, 1.165) is 6.42 Å². The lowest BCUT2D eigenvalue weighted by Crippen LogP contribution is -2.01. The highest BCUT2D eigenvalue weighted by Crippen LogP contribution is 2.35. The van der Waals surface area contributed by atoms with Crippen LogP contribution in [-0.4, -0.2) is 9.13 Å². The molecule has 166 valence electrons. The van der Waals surface area contributed by atoms with Crippen LogP contribution in [0.15, 0.2) is 128 Å². The maximum atomic E-state index is 4.03. The lowest BCUT2D eigenvalue weighted by molar-refractivity contribution is 1.11. The van der Waals surface area contributed by atoms with E-state index in [1.54, 1.807) is 0 Å². The number of para-hydroxylation sites is 4. The minimum atomic E-state index is 0.815. The van der Waals surface area contributed by atoms with Crippen molar-refractivity contribution in [2.75, 3.05) is 0 Å². The summed E-state index contributed by atoms with van der Waals surface area (Å²) in [6, 6.07) is 41.7. The van der Waals surface area contributed by atoms with Crippen molar-refractivity contribution in [2.24, 2.45) is 0 Å². The van der Waals surface area contributed by atoms with Crippen molar-refractivity contribution in [2.45, 2.75) is 6.42 Å². The summed E-state index contributed by atoms with van der Waals surface area (Å²) >= 11 is 0. The van der Waals surface area contributed by atoms with Gasteiger partial charge in [0.2, 0.25) is 0 Å². The molecule has 0 spiro atoms. The molecule has 2 aromatic heterocycles. The summed E-state index contributed by atoms with van der Waals surface area (Å²) in [6.45, 7) is 4.03. The molecule has 0 N–H and O–H groups in total. The minimum Gasteiger partial charge on any atom is -0.309 e. The molecular formula is C33H24N2. The second-order valence-corrected chi connectivity index (χ2v) is 9.09. The van der Waals surface area contributed by atoms with Gasteiger partial charge in [-0.25, -0.2) is 0 Å². The van der Waals surface area contributed by atoms with Crippen LogP contribution in [0.5, 0.6) is 0 Å². The zero-order chi connectivity index (χ0) is 23.4. The molecule has 0 saturated carbocycles. The Balaban J connectivity index is 1.59. The quantitative estimate of drug-likeness (QED) is 0.239. The molecule has 35 heavy (non-hydrogen) atoms. The van der Waals surface area contributed by atoms with E-state index in [1.165, 1.54) is 60.5 Å². The van der Waals surface area contributed by atoms with E-state index in [0.29, 0.717) is 0 Å². The zero-order valence-corrected chi connectivity index (χ0v) is 19.4. The average molecular weight is 449 g/mol. The number of aromatic nitrogens is 2. The summed E-state index contributed by atoms with van der Waals surface area (Å²) in [5.41, 5.74) is 8.46. The number of nitrogens with zero attached hydrogens (tertiary/aromatic N) is 2. The summed E-state index contributed by atoms with van der Waals surface area (Å²) in [7, 11) is 0. The van der Waals surface area contributed by atoms with Crippen molar-refractivity contribution in [1.82, 2.24) is 9.13 Å². The summed E-state index contributed by atoms with van der Waals surface area (Å²) in [6.07, 6.45) is 2.80. The molecule has 2 nitrogen and oxygen atoms in total. The number of allylic oxidation sites excluding steroid dienone is 1. The van der Waals surface area contributed by atoms with Gasteiger partial charge in [-0.05, 0) is 54.4 Å². The average Bonchev–Trinajstić information content (AvgIpc) is 3.42. The molecule has 0 saturated heterocycles. The van der Waals surface area contributed by atoms with E-state index in [2.05, 4.69) is 131 Å². The van der Waals surface area contributed by atoms with Gasteiger partial charge >= 0.3 is 0 Å². The van der Waals surface area contributed by atoms with E-state index >= 15 is 0 Å². The highest BCUT2D eigenvalue weighted by Gasteiger charge is 2.16. The third kappa shape index (κ3) is 2.97.